The van der Waals surface area contributed by atoms with Crippen LogP contribution in [0.5, 0.6) is 0 Å². The number of nitrogens with zero attached hydrogens (tertiary/aromatic N) is 3. The molecular formula is C23H26N4OS2. The molecule has 2 aromatic carbocycles. The molecule has 0 radical (unpaired) electrons. The standard InChI is InChI=1S/C23H26N4OS2/c1-18-16-29-23(24-18)30-17-22(28)25-20-7-9-21(10-8-20)27-13-11-26(12-14-27)15-19-5-3-2-4-6-19/h2-10,16H,11-15,17H2,1H3,(H,25,28). The molecule has 4 rings (SSSR count). The predicted molar refractivity (Wildman–Crippen MR) is 127 cm³/mol. The van der Waals surface area contributed by atoms with E-state index >= 15 is 0 Å². The summed E-state index contributed by atoms with van der Waals surface area (Å²) in [5.74, 6) is 0.369. The first kappa shape index (κ1) is 20.9. The van der Waals surface area contributed by atoms with E-state index in [0.29, 0.717) is 5.75 Å². The highest BCUT2D eigenvalue weighted by Crippen LogP contribution is 2.23. The molecule has 0 spiro atoms. The van der Waals surface area contributed by atoms with Crippen LogP contribution >= 0.6 is 23.1 Å². The van der Waals surface area contributed by atoms with E-state index in [0.717, 1.165) is 48.4 Å². The van der Waals surface area contributed by atoms with E-state index in [1.54, 1.807) is 11.3 Å². The van der Waals surface area contributed by atoms with Gasteiger partial charge < -0.3 is 10.2 Å². The number of thiazole rings is 1. The van der Waals surface area contributed by atoms with Crippen molar-refractivity contribution in [1.29, 1.82) is 0 Å². The molecule has 30 heavy (non-hydrogen) atoms. The smallest absolute Gasteiger partial charge is 0.234 e. The summed E-state index contributed by atoms with van der Waals surface area (Å²) in [6, 6.07) is 18.8. The Labute approximate surface area is 186 Å². The van der Waals surface area contributed by atoms with Crippen LogP contribution in [0.3, 0.4) is 0 Å². The monoisotopic (exact) mass is 438 g/mol. The lowest BCUT2D eigenvalue weighted by Crippen LogP contribution is -2.45. The lowest BCUT2D eigenvalue weighted by atomic mass is 10.2. The maximum Gasteiger partial charge on any atom is 0.234 e. The van der Waals surface area contributed by atoms with Crippen LogP contribution in [0.4, 0.5) is 11.4 Å². The summed E-state index contributed by atoms with van der Waals surface area (Å²) in [7, 11) is 0. The molecule has 0 bridgehead atoms. The van der Waals surface area contributed by atoms with Gasteiger partial charge in [-0.25, -0.2) is 4.98 Å². The number of rotatable bonds is 7. The second-order valence-electron chi connectivity index (χ2n) is 7.39. The van der Waals surface area contributed by atoms with E-state index in [4.69, 9.17) is 0 Å². The average Bonchev–Trinajstić information content (AvgIpc) is 3.19. The summed E-state index contributed by atoms with van der Waals surface area (Å²) in [4.78, 5) is 21.5. The Morgan fingerprint density at radius 1 is 1.07 bits per heavy atom. The van der Waals surface area contributed by atoms with Crippen molar-refractivity contribution >= 4 is 40.4 Å². The third kappa shape index (κ3) is 5.84. The second kappa shape index (κ2) is 10.1. The predicted octanol–water partition coefficient (Wildman–Crippen LogP) is 4.50. The van der Waals surface area contributed by atoms with Crippen molar-refractivity contribution in [3.63, 3.8) is 0 Å². The minimum absolute atomic E-state index is 0.00451. The number of hydrogen-bond donors (Lipinski definition) is 1. The largest absolute Gasteiger partial charge is 0.369 e. The first-order valence-corrected chi connectivity index (χ1v) is 12.0. The van der Waals surface area contributed by atoms with E-state index in [1.165, 1.54) is 23.0 Å². The van der Waals surface area contributed by atoms with E-state index < -0.39 is 0 Å². The van der Waals surface area contributed by atoms with Crippen LogP contribution in [0.25, 0.3) is 0 Å². The third-order valence-corrected chi connectivity index (χ3v) is 7.20. The second-order valence-corrected chi connectivity index (χ2v) is 9.47. The fourth-order valence-electron chi connectivity index (χ4n) is 3.48. The van der Waals surface area contributed by atoms with E-state index in [1.807, 2.05) is 24.4 Å². The zero-order chi connectivity index (χ0) is 20.8. The molecule has 3 aromatic rings. The summed E-state index contributed by atoms with van der Waals surface area (Å²) in [6.45, 7) is 7.12. The maximum absolute atomic E-state index is 12.2. The van der Waals surface area contributed by atoms with Crippen LogP contribution in [-0.4, -0.2) is 47.7 Å². The van der Waals surface area contributed by atoms with Gasteiger partial charge in [-0.3, -0.25) is 9.69 Å². The number of aromatic nitrogens is 1. The van der Waals surface area contributed by atoms with Gasteiger partial charge >= 0.3 is 0 Å². The van der Waals surface area contributed by atoms with Crippen LogP contribution in [0.15, 0.2) is 64.3 Å². The highest BCUT2D eigenvalue weighted by atomic mass is 32.2. The van der Waals surface area contributed by atoms with Crippen molar-refractivity contribution in [3.8, 4) is 0 Å². The van der Waals surface area contributed by atoms with Crippen LogP contribution in [0.1, 0.15) is 11.3 Å². The summed E-state index contributed by atoms with van der Waals surface area (Å²) < 4.78 is 0.935. The fourth-order valence-corrected chi connectivity index (χ4v) is 5.13. The molecule has 156 valence electrons. The SMILES string of the molecule is Cc1csc(SCC(=O)Nc2ccc(N3CCN(Cc4ccccc4)CC3)cc2)n1. The first-order chi connectivity index (χ1) is 14.7. The Balaban J connectivity index is 1.23. The van der Waals surface area contributed by atoms with Crippen molar-refractivity contribution < 1.29 is 4.79 Å². The van der Waals surface area contributed by atoms with Gasteiger partial charge in [0, 0.05) is 55.2 Å². The summed E-state index contributed by atoms with van der Waals surface area (Å²) in [5.41, 5.74) is 4.41. The van der Waals surface area contributed by atoms with Crippen LogP contribution < -0.4 is 10.2 Å². The molecule has 1 aliphatic rings. The zero-order valence-corrected chi connectivity index (χ0v) is 18.7. The molecule has 1 aliphatic heterocycles. The molecule has 1 fully saturated rings. The minimum atomic E-state index is -0.00451. The minimum Gasteiger partial charge on any atom is -0.369 e. The van der Waals surface area contributed by atoms with E-state index in [9.17, 15) is 4.79 Å². The summed E-state index contributed by atoms with van der Waals surface area (Å²) >= 11 is 3.06. The lowest BCUT2D eigenvalue weighted by molar-refractivity contribution is -0.113. The number of carbonyl (C=O) groups excluding carboxylic acids is 1. The van der Waals surface area contributed by atoms with Crippen LogP contribution in [0, 0.1) is 6.92 Å². The van der Waals surface area contributed by atoms with Gasteiger partial charge in [-0.15, -0.1) is 11.3 Å². The molecule has 0 atom stereocenters. The molecule has 1 saturated heterocycles. The molecule has 0 saturated carbocycles. The number of benzene rings is 2. The molecular weight excluding hydrogens is 412 g/mol. The van der Waals surface area contributed by atoms with E-state index in [-0.39, 0.29) is 5.91 Å². The van der Waals surface area contributed by atoms with Crippen LogP contribution in [-0.2, 0) is 11.3 Å². The molecule has 1 aromatic heterocycles. The highest BCUT2D eigenvalue weighted by Gasteiger charge is 2.17. The van der Waals surface area contributed by atoms with Crippen molar-refractivity contribution in [1.82, 2.24) is 9.88 Å². The molecule has 7 heteroatoms. The normalized spacial score (nSPS) is 14.6. The van der Waals surface area contributed by atoms with Gasteiger partial charge in [0.05, 0.1) is 5.75 Å². The number of anilines is 2. The Kier molecular flexibility index (Phi) is 7.04. The summed E-state index contributed by atoms with van der Waals surface area (Å²) in [6.07, 6.45) is 0. The Morgan fingerprint density at radius 3 is 2.47 bits per heavy atom. The molecule has 0 aliphatic carbocycles. The van der Waals surface area contributed by atoms with Crippen molar-refractivity contribution in [2.75, 3.05) is 42.1 Å². The molecule has 2 heterocycles. The third-order valence-electron chi connectivity index (χ3n) is 5.06. The Bertz CT molecular complexity index is 951. The van der Waals surface area contributed by atoms with Gasteiger partial charge in [0.2, 0.25) is 5.91 Å². The number of nitrogens with one attached hydrogen (secondary N) is 1. The zero-order valence-electron chi connectivity index (χ0n) is 17.1. The maximum atomic E-state index is 12.2. The van der Waals surface area contributed by atoms with Crippen LogP contribution in [0.2, 0.25) is 0 Å². The van der Waals surface area contributed by atoms with Gasteiger partial charge in [-0.1, -0.05) is 42.1 Å². The number of amides is 1. The van der Waals surface area contributed by atoms with Crippen molar-refractivity contribution in [3.05, 3.63) is 71.2 Å². The first-order valence-electron chi connectivity index (χ1n) is 10.1. The number of thioether (sulfide) groups is 1. The molecule has 5 nitrogen and oxygen atoms in total. The number of hydrogen-bond acceptors (Lipinski definition) is 6. The van der Waals surface area contributed by atoms with Gasteiger partial charge in [0.15, 0.2) is 4.34 Å². The van der Waals surface area contributed by atoms with Crippen molar-refractivity contribution in [2.24, 2.45) is 0 Å². The number of aryl methyl sites for hydroxylation is 1. The van der Waals surface area contributed by atoms with Crippen molar-refractivity contribution in [2.45, 2.75) is 17.8 Å². The van der Waals surface area contributed by atoms with Gasteiger partial charge in [0.25, 0.3) is 0 Å². The number of piperazine rings is 1. The summed E-state index contributed by atoms with van der Waals surface area (Å²) in [5, 5.41) is 4.97. The quantitative estimate of drug-likeness (QED) is 0.550. The number of carbonyl (C=O) groups is 1. The Morgan fingerprint density at radius 2 is 1.80 bits per heavy atom. The highest BCUT2D eigenvalue weighted by molar-refractivity contribution is 8.01. The molecule has 1 N–H and O–H groups in total. The topological polar surface area (TPSA) is 48.5 Å². The van der Waals surface area contributed by atoms with Gasteiger partial charge in [-0.05, 0) is 36.8 Å². The van der Waals surface area contributed by atoms with Gasteiger partial charge in [-0.2, -0.15) is 0 Å². The van der Waals surface area contributed by atoms with E-state index in [2.05, 4.69) is 62.6 Å². The fraction of sp³-hybridized carbons (Fsp3) is 0.304. The lowest BCUT2D eigenvalue weighted by Gasteiger charge is -2.36. The molecule has 1 amide bonds. The average molecular weight is 439 g/mol. The Hall–Kier alpha value is -2.35. The molecule has 0 unspecified atom stereocenters. The van der Waals surface area contributed by atoms with Gasteiger partial charge in [0.1, 0.15) is 0 Å².